The summed E-state index contributed by atoms with van der Waals surface area (Å²) in [4.78, 5) is 0. The van der Waals surface area contributed by atoms with Crippen LogP contribution >= 0.6 is 0 Å². The first kappa shape index (κ1) is 31.7. The molecule has 0 aromatic heterocycles. The van der Waals surface area contributed by atoms with E-state index in [-0.39, 0.29) is 5.41 Å². The zero-order valence-electron chi connectivity index (χ0n) is 31.0. The van der Waals surface area contributed by atoms with Gasteiger partial charge in [-0.2, -0.15) is 0 Å². The Morgan fingerprint density at radius 3 is 1.69 bits per heavy atom. The van der Waals surface area contributed by atoms with Crippen LogP contribution in [0.3, 0.4) is 0 Å². The van der Waals surface area contributed by atoms with Crippen molar-refractivity contribution >= 4 is 43.1 Å². The number of hydrogen-bond acceptors (Lipinski definition) is 0. The van der Waals surface area contributed by atoms with E-state index < -0.39 is 0 Å². The summed E-state index contributed by atoms with van der Waals surface area (Å²) < 4.78 is 0. The van der Waals surface area contributed by atoms with Crippen molar-refractivity contribution in [2.24, 2.45) is 0 Å². The summed E-state index contributed by atoms with van der Waals surface area (Å²) in [6.45, 7) is 4.72. The predicted molar refractivity (Wildman–Crippen MR) is 236 cm³/mol. The molecule has 11 rings (SSSR count). The zero-order valence-corrected chi connectivity index (χ0v) is 31.0. The molecular weight excluding hydrogens is 661 g/mol. The first-order chi connectivity index (χ1) is 27.0. The number of benzene rings is 10. The Morgan fingerprint density at radius 1 is 0.291 bits per heavy atom. The average molecular weight is 699 g/mol. The quantitative estimate of drug-likeness (QED) is 0.127. The molecule has 10 aromatic carbocycles. The summed E-state index contributed by atoms with van der Waals surface area (Å²) >= 11 is 0. The summed E-state index contributed by atoms with van der Waals surface area (Å²) in [5.41, 5.74) is 15.5. The SMILES string of the molecule is CC1(C)c2ccccc2-c2cc3ccc(-c4ccc(-c5c6ccccc6c(-c6ccccc6-c6ccccc6)c6ccc7ccccc7c56)cc4)cc3cc21. The van der Waals surface area contributed by atoms with Crippen LogP contribution in [-0.2, 0) is 5.41 Å². The molecule has 258 valence electrons. The summed E-state index contributed by atoms with van der Waals surface area (Å²) in [6, 6.07) is 72.2. The highest BCUT2D eigenvalue weighted by atomic mass is 14.4. The molecule has 0 heteroatoms. The monoisotopic (exact) mass is 698 g/mol. The van der Waals surface area contributed by atoms with Gasteiger partial charge in [-0.1, -0.05) is 190 Å². The summed E-state index contributed by atoms with van der Waals surface area (Å²) in [5, 5.41) is 10.2. The number of rotatable bonds is 4. The van der Waals surface area contributed by atoms with Gasteiger partial charge >= 0.3 is 0 Å². The van der Waals surface area contributed by atoms with Crippen molar-refractivity contribution in [3.63, 3.8) is 0 Å². The molecule has 1 aliphatic carbocycles. The van der Waals surface area contributed by atoms with Gasteiger partial charge in [0.2, 0.25) is 0 Å². The molecule has 0 heterocycles. The molecule has 0 fully saturated rings. The van der Waals surface area contributed by atoms with Gasteiger partial charge in [-0.3, -0.25) is 0 Å². The molecule has 0 saturated carbocycles. The Labute approximate surface area is 322 Å². The fraction of sp³-hybridized carbons (Fsp3) is 0.0545. The maximum atomic E-state index is 2.43. The van der Waals surface area contributed by atoms with E-state index in [1.807, 2.05) is 0 Å². The van der Waals surface area contributed by atoms with Gasteiger partial charge < -0.3 is 0 Å². The highest BCUT2D eigenvalue weighted by Gasteiger charge is 2.35. The first-order valence-corrected chi connectivity index (χ1v) is 19.3. The molecule has 0 bridgehead atoms. The molecule has 55 heavy (non-hydrogen) atoms. The topological polar surface area (TPSA) is 0 Å². The number of hydrogen-bond donors (Lipinski definition) is 0. The van der Waals surface area contributed by atoms with Crippen LogP contribution in [0, 0.1) is 0 Å². The van der Waals surface area contributed by atoms with Crippen molar-refractivity contribution in [1.82, 2.24) is 0 Å². The van der Waals surface area contributed by atoms with Crippen molar-refractivity contribution in [2.75, 3.05) is 0 Å². The molecule has 0 amide bonds. The van der Waals surface area contributed by atoms with E-state index in [1.165, 1.54) is 110 Å². The van der Waals surface area contributed by atoms with Gasteiger partial charge in [0.25, 0.3) is 0 Å². The first-order valence-electron chi connectivity index (χ1n) is 19.3. The van der Waals surface area contributed by atoms with E-state index in [1.54, 1.807) is 0 Å². The fourth-order valence-electron chi connectivity index (χ4n) is 9.56. The third-order valence-electron chi connectivity index (χ3n) is 12.2. The second-order valence-corrected chi connectivity index (χ2v) is 15.6. The average Bonchev–Trinajstić information content (AvgIpc) is 3.47. The molecule has 0 N–H and O–H groups in total. The Hall–Kier alpha value is -6.76. The fourth-order valence-corrected chi connectivity index (χ4v) is 9.56. The normalized spacial score (nSPS) is 13.1. The Kier molecular flexibility index (Phi) is 7.00. The van der Waals surface area contributed by atoms with Gasteiger partial charge in [0.05, 0.1) is 0 Å². The largest absolute Gasteiger partial charge is 0.0622 e. The molecule has 0 radical (unpaired) electrons. The van der Waals surface area contributed by atoms with E-state index in [0.29, 0.717) is 0 Å². The lowest BCUT2D eigenvalue weighted by Crippen LogP contribution is -2.14. The van der Waals surface area contributed by atoms with Crippen LogP contribution in [0.25, 0.3) is 98.7 Å². The number of fused-ring (bicyclic) bond motifs is 8. The van der Waals surface area contributed by atoms with Gasteiger partial charge in [0, 0.05) is 5.41 Å². The van der Waals surface area contributed by atoms with E-state index in [2.05, 4.69) is 208 Å². The van der Waals surface area contributed by atoms with Crippen LogP contribution in [0.2, 0.25) is 0 Å². The Morgan fingerprint density at radius 2 is 0.891 bits per heavy atom. The maximum absolute atomic E-state index is 2.43. The minimum Gasteiger partial charge on any atom is -0.0622 e. The van der Waals surface area contributed by atoms with Gasteiger partial charge in [0.1, 0.15) is 0 Å². The third kappa shape index (κ3) is 4.85. The summed E-state index contributed by atoms with van der Waals surface area (Å²) in [5.74, 6) is 0. The van der Waals surface area contributed by atoms with Crippen LogP contribution < -0.4 is 0 Å². The van der Waals surface area contributed by atoms with Crippen molar-refractivity contribution in [2.45, 2.75) is 19.3 Å². The highest BCUT2D eigenvalue weighted by Crippen LogP contribution is 2.51. The minimum atomic E-state index is -0.0212. The lowest BCUT2D eigenvalue weighted by molar-refractivity contribution is 0.661. The van der Waals surface area contributed by atoms with Crippen molar-refractivity contribution in [3.8, 4) is 55.6 Å². The molecule has 1 aliphatic rings. The van der Waals surface area contributed by atoms with Crippen molar-refractivity contribution in [1.29, 1.82) is 0 Å². The van der Waals surface area contributed by atoms with Crippen molar-refractivity contribution < 1.29 is 0 Å². The highest BCUT2D eigenvalue weighted by molar-refractivity contribution is 6.28. The second kappa shape index (κ2) is 12.1. The molecule has 0 saturated heterocycles. The van der Waals surface area contributed by atoms with Gasteiger partial charge in [-0.25, -0.2) is 0 Å². The van der Waals surface area contributed by atoms with Gasteiger partial charge in [-0.05, 0) is 128 Å². The molecule has 0 unspecified atom stereocenters. The van der Waals surface area contributed by atoms with Crippen molar-refractivity contribution in [3.05, 3.63) is 205 Å². The Bertz CT molecular complexity index is 3140. The van der Waals surface area contributed by atoms with E-state index >= 15 is 0 Å². The van der Waals surface area contributed by atoms with Gasteiger partial charge in [0.15, 0.2) is 0 Å². The second-order valence-electron chi connectivity index (χ2n) is 15.6. The van der Waals surface area contributed by atoms with E-state index in [4.69, 9.17) is 0 Å². The zero-order chi connectivity index (χ0) is 36.7. The minimum absolute atomic E-state index is 0.0212. The molecule has 0 spiro atoms. The van der Waals surface area contributed by atoms with Crippen LogP contribution in [0.4, 0.5) is 0 Å². The summed E-state index contributed by atoms with van der Waals surface area (Å²) in [7, 11) is 0. The lowest BCUT2D eigenvalue weighted by atomic mass is 9.81. The summed E-state index contributed by atoms with van der Waals surface area (Å²) in [6.07, 6.45) is 0. The lowest BCUT2D eigenvalue weighted by Gasteiger charge is -2.21. The van der Waals surface area contributed by atoms with E-state index in [9.17, 15) is 0 Å². The van der Waals surface area contributed by atoms with Crippen LogP contribution in [-0.4, -0.2) is 0 Å². The molecule has 10 aromatic rings. The van der Waals surface area contributed by atoms with Crippen LogP contribution in [0.15, 0.2) is 194 Å². The molecule has 0 atom stereocenters. The smallest absolute Gasteiger partial charge is 0.0159 e. The van der Waals surface area contributed by atoms with E-state index in [0.717, 1.165) is 0 Å². The van der Waals surface area contributed by atoms with Gasteiger partial charge in [-0.15, -0.1) is 0 Å². The molecular formula is C55H38. The predicted octanol–water partition coefficient (Wildman–Crippen LogP) is 15.3. The maximum Gasteiger partial charge on any atom is 0.0159 e. The Balaban J connectivity index is 1.10. The molecule has 0 nitrogen and oxygen atoms in total. The standard InChI is InChI=1S/C55H38/c1-55(2)50-23-13-12-19-44(50)49-33-40-29-28-39(32-41(40)34-51(49)55)35-24-26-38(27-25-35)52-46-21-10-11-22-47(46)53(48-31-30-37-16-6-7-18-43(37)54(48)52)45-20-9-8-17-42(45)36-14-4-3-5-15-36/h3-34H,1-2H3. The van der Waals surface area contributed by atoms with Crippen LogP contribution in [0.1, 0.15) is 25.0 Å². The third-order valence-corrected chi connectivity index (χ3v) is 12.2. The van der Waals surface area contributed by atoms with Crippen LogP contribution in [0.5, 0.6) is 0 Å². The molecule has 0 aliphatic heterocycles.